The molecule has 1 aromatic rings. The summed E-state index contributed by atoms with van der Waals surface area (Å²) >= 11 is 5.95. The molecule has 8 heteroatoms. The van der Waals surface area contributed by atoms with E-state index in [4.69, 9.17) is 16.7 Å². The minimum Gasteiger partial charge on any atom is -0.321 e. The molecule has 1 aliphatic heterocycles. The quantitative estimate of drug-likeness (QED) is 0.882. The number of primary sulfonamides is 1. The molecule has 1 aliphatic rings. The van der Waals surface area contributed by atoms with Crippen molar-refractivity contribution in [2.24, 2.45) is 18.1 Å². The molecule has 1 atom stereocenters. The van der Waals surface area contributed by atoms with Crippen LogP contribution >= 0.6 is 11.6 Å². The van der Waals surface area contributed by atoms with E-state index in [1.165, 1.54) is 0 Å². The molecule has 0 unspecified atom stereocenters. The highest BCUT2D eigenvalue weighted by molar-refractivity contribution is 7.89. The number of sulfonamides is 1. The zero-order valence-corrected chi connectivity index (χ0v) is 12.5. The van der Waals surface area contributed by atoms with Crippen LogP contribution < -0.4 is 5.14 Å². The Morgan fingerprint density at radius 2 is 2.32 bits per heavy atom. The van der Waals surface area contributed by atoms with Crippen molar-refractivity contribution < 1.29 is 8.42 Å². The second kappa shape index (κ2) is 5.78. The number of aromatic nitrogens is 2. The van der Waals surface area contributed by atoms with Crippen LogP contribution in [0.25, 0.3) is 0 Å². The van der Waals surface area contributed by atoms with Gasteiger partial charge in [-0.25, -0.2) is 18.5 Å². The maximum absolute atomic E-state index is 11.1. The van der Waals surface area contributed by atoms with Crippen LogP contribution in [0.2, 0.25) is 5.15 Å². The Balaban J connectivity index is 1.96. The normalized spacial score (nSPS) is 21.7. The number of hydrogen-bond donors (Lipinski definition) is 1. The molecule has 0 radical (unpaired) electrons. The Morgan fingerprint density at radius 3 is 2.89 bits per heavy atom. The number of halogens is 1. The van der Waals surface area contributed by atoms with Gasteiger partial charge in [0.1, 0.15) is 11.0 Å². The summed E-state index contributed by atoms with van der Waals surface area (Å²) in [6.07, 6.45) is 3.52. The zero-order chi connectivity index (χ0) is 14.0. The Kier molecular flexibility index (Phi) is 4.50. The molecule has 2 rings (SSSR count). The molecular formula is C11H19ClN4O2S. The first-order valence-electron chi connectivity index (χ1n) is 6.24. The molecule has 6 nitrogen and oxygen atoms in total. The summed E-state index contributed by atoms with van der Waals surface area (Å²) < 4.78 is 24.1. The summed E-state index contributed by atoms with van der Waals surface area (Å²) in [5.74, 6) is 1.06. The Labute approximate surface area is 118 Å². The highest BCUT2D eigenvalue weighted by Gasteiger charge is 2.24. The number of hydrogen-bond acceptors (Lipinski definition) is 4. The molecule has 0 spiro atoms. The Hall–Kier alpha value is -0.630. The lowest BCUT2D eigenvalue weighted by Gasteiger charge is -2.31. The van der Waals surface area contributed by atoms with Crippen molar-refractivity contribution in [2.75, 3.05) is 18.8 Å². The molecule has 19 heavy (non-hydrogen) atoms. The first-order valence-corrected chi connectivity index (χ1v) is 8.33. The van der Waals surface area contributed by atoms with Gasteiger partial charge in [0.05, 0.1) is 18.5 Å². The number of rotatable bonds is 4. The van der Waals surface area contributed by atoms with Gasteiger partial charge in [-0.05, 0) is 25.3 Å². The van der Waals surface area contributed by atoms with Crippen molar-refractivity contribution in [2.45, 2.75) is 19.4 Å². The molecule has 0 aromatic carbocycles. The van der Waals surface area contributed by atoms with E-state index in [0.29, 0.717) is 11.7 Å². The topological polar surface area (TPSA) is 81.2 Å². The number of likely N-dealkylation sites (tertiary alicyclic amines) is 1. The fourth-order valence-electron chi connectivity index (χ4n) is 2.53. The largest absolute Gasteiger partial charge is 0.321 e. The average molecular weight is 307 g/mol. The van der Waals surface area contributed by atoms with Gasteiger partial charge in [-0.1, -0.05) is 11.6 Å². The molecular weight excluding hydrogens is 288 g/mol. The van der Waals surface area contributed by atoms with Gasteiger partial charge < -0.3 is 4.57 Å². The maximum Gasteiger partial charge on any atom is 0.209 e. The molecule has 108 valence electrons. The van der Waals surface area contributed by atoms with Crippen LogP contribution in [0.1, 0.15) is 18.7 Å². The molecule has 1 saturated heterocycles. The summed E-state index contributed by atoms with van der Waals surface area (Å²) in [5.41, 5.74) is 0. The van der Waals surface area contributed by atoms with Gasteiger partial charge >= 0.3 is 0 Å². The minimum absolute atomic E-state index is 0.0603. The van der Waals surface area contributed by atoms with Crippen molar-refractivity contribution in [3.05, 3.63) is 17.2 Å². The van der Waals surface area contributed by atoms with Crippen LogP contribution in [0, 0.1) is 5.92 Å². The average Bonchev–Trinajstić information content (AvgIpc) is 2.59. The molecule has 2 heterocycles. The van der Waals surface area contributed by atoms with Crippen LogP contribution in [-0.4, -0.2) is 41.7 Å². The lowest BCUT2D eigenvalue weighted by Crippen LogP contribution is -2.39. The summed E-state index contributed by atoms with van der Waals surface area (Å²) in [6.45, 7) is 2.37. The van der Waals surface area contributed by atoms with E-state index in [-0.39, 0.29) is 11.7 Å². The van der Waals surface area contributed by atoms with E-state index < -0.39 is 10.0 Å². The van der Waals surface area contributed by atoms with Gasteiger partial charge in [0, 0.05) is 13.6 Å². The van der Waals surface area contributed by atoms with Gasteiger partial charge in [-0.2, -0.15) is 0 Å². The third kappa shape index (κ3) is 4.17. The second-order valence-electron chi connectivity index (χ2n) is 5.13. The van der Waals surface area contributed by atoms with Crippen molar-refractivity contribution >= 4 is 21.6 Å². The van der Waals surface area contributed by atoms with E-state index in [1.807, 2.05) is 11.6 Å². The van der Waals surface area contributed by atoms with Gasteiger partial charge in [0.25, 0.3) is 0 Å². The number of nitrogens with two attached hydrogens (primary N) is 1. The maximum atomic E-state index is 11.1. The SMILES string of the molecule is Cn1c(Cl)cnc1CN1CCC[C@H](CS(N)(=O)=O)C1. The van der Waals surface area contributed by atoms with Gasteiger partial charge in [0.2, 0.25) is 10.0 Å². The van der Waals surface area contributed by atoms with Crippen molar-refractivity contribution in [3.63, 3.8) is 0 Å². The number of piperidine rings is 1. The summed E-state index contributed by atoms with van der Waals surface area (Å²) in [6, 6.07) is 0. The van der Waals surface area contributed by atoms with Gasteiger partial charge in [-0.3, -0.25) is 4.90 Å². The van der Waals surface area contributed by atoms with E-state index in [0.717, 1.165) is 31.8 Å². The second-order valence-corrected chi connectivity index (χ2v) is 7.18. The Bertz CT molecular complexity index is 543. The van der Waals surface area contributed by atoms with Gasteiger partial charge in [-0.15, -0.1) is 0 Å². The minimum atomic E-state index is -3.39. The third-order valence-corrected chi connectivity index (χ3v) is 4.75. The van der Waals surface area contributed by atoms with Crippen LogP contribution in [0.5, 0.6) is 0 Å². The van der Waals surface area contributed by atoms with Crippen LogP contribution in [0.3, 0.4) is 0 Å². The molecule has 1 fully saturated rings. The fraction of sp³-hybridized carbons (Fsp3) is 0.727. The van der Waals surface area contributed by atoms with E-state index in [2.05, 4.69) is 9.88 Å². The first-order chi connectivity index (χ1) is 8.85. The molecule has 0 aliphatic carbocycles. The monoisotopic (exact) mass is 306 g/mol. The molecule has 1 aromatic heterocycles. The predicted octanol–water partition coefficient (Wildman–Crippen LogP) is 0.574. The van der Waals surface area contributed by atoms with E-state index in [9.17, 15) is 8.42 Å². The van der Waals surface area contributed by atoms with E-state index in [1.54, 1.807) is 6.20 Å². The molecule has 0 bridgehead atoms. The van der Waals surface area contributed by atoms with Crippen molar-refractivity contribution in [1.82, 2.24) is 14.5 Å². The van der Waals surface area contributed by atoms with Crippen molar-refractivity contribution in [1.29, 1.82) is 0 Å². The molecule has 0 saturated carbocycles. The fourth-order valence-corrected chi connectivity index (χ4v) is 3.61. The van der Waals surface area contributed by atoms with Crippen LogP contribution in [-0.2, 0) is 23.6 Å². The lowest BCUT2D eigenvalue weighted by atomic mass is 10.0. The standard InChI is InChI=1S/C11H19ClN4O2S/c1-15-10(12)5-14-11(15)7-16-4-2-3-9(6-16)8-19(13,17)18/h5,9H,2-4,6-8H2,1H3,(H2,13,17,18)/t9-/m0/s1. The van der Waals surface area contributed by atoms with Crippen molar-refractivity contribution in [3.8, 4) is 0 Å². The predicted molar refractivity (Wildman–Crippen MR) is 74.2 cm³/mol. The zero-order valence-electron chi connectivity index (χ0n) is 10.9. The summed E-state index contributed by atoms with van der Waals surface area (Å²) in [5, 5.41) is 5.72. The van der Waals surface area contributed by atoms with Crippen LogP contribution in [0.15, 0.2) is 6.20 Å². The van der Waals surface area contributed by atoms with E-state index >= 15 is 0 Å². The third-order valence-electron chi connectivity index (χ3n) is 3.46. The van der Waals surface area contributed by atoms with Gasteiger partial charge in [0.15, 0.2) is 0 Å². The summed E-state index contributed by atoms with van der Waals surface area (Å²) in [7, 11) is -1.52. The highest BCUT2D eigenvalue weighted by atomic mass is 35.5. The Morgan fingerprint density at radius 1 is 1.58 bits per heavy atom. The molecule has 0 amide bonds. The molecule has 2 N–H and O–H groups in total. The lowest BCUT2D eigenvalue weighted by molar-refractivity contribution is 0.172. The number of imidazole rings is 1. The number of nitrogens with zero attached hydrogens (tertiary/aromatic N) is 3. The smallest absolute Gasteiger partial charge is 0.209 e. The highest BCUT2D eigenvalue weighted by Crippen LogP contribution is 2.20. The summed E-state index contributed by atoms with van der Waals surface area (Å²) in [4.78, 5) is 6.46. The van der Waals surface area contributed by atoms with Crippen LogP contribution in [0.4, 0.5) is 0 Å². The first kappa shape index (κ1) is 14.8.